The molecule has 0 unspecified atom stereocenters. The Hall–Kier alpha value is -2.58. The summed E-state index contributed by atoms with van der Waals surface area (Å²) in [5.41, 5.74) is 10.4. The quantitative estimate of drug-likeness (QED) is 0.723. The summed E-state index contributed by atoms with van der Waals surface area (Å²) < 4.78 is 10.1. The second-order valence-corrected chi connectivity index (χ2v) is 6.29. The molecule has 2 aliphatic rings. The van der Waals surface area contributed by atoms with E-state index < -0.39 is 17.9 Å². The third-order valence-corrected chi connectivity index (χ3v) is 4.42. The minimum absolute atomic E-state index is 0.0556. The van der Waals surface area contributed by atoms with E-state index >= 15 is 0 Å². The zero-order chi connectivity index (χ0) is 17.3. The molecule has 1 aromatic rings. The van der Waals surface area contributed by atoms with Gasteiger partial charge in [-0.25, -0.2) is 4.79 Å². The van der Waals surface area contributed by atoms with E-state index in [0.29, 0.717) is 31.4 Å². The summed E-state index contributed by atoms with van der Waals surface area (Å²) in [6.45, 7) is 0. The van der Waals surface area contributed by atoms with E-state index in [1.807, 2.05) is 0 Å². The van der Waals surface area contributed by atoms with Gasteiger partial charge in [0.05, 0.1) is 0 Å². The number of hydrogen-bond donors (Lipinski definition) is 3. The van der Waals surface area contributed by atoms with Crippen molar-refractivity contribution in [3.8, 4) is 0 Å². The van der Waals surface area contributed by atoms with Crippen LogP contribution in [-0.4, -0.2) is 35.2 Å². The summed E-state index contributed by atoms with van der Waals surface area (Å²) >= 11 is 0. The summed E-state index contributed by atoms with van der Waals surface area (Å²) in [6.07, 6.45) is 3.31. The number of carbonyl (C=O) groups is 3. The maximum absolute atomic E-state index is 12.4. The number of rotatable bonds is 5. The first-order chi connectivity index (χ1) is 11.5. The molecule has 9 heteroatoms. The first-order valence-electron chi connectivity index (χ1n) is 8.02. The van der Waals surface area contributed by atoms with Crippen molar-refractivity contribution in [2.24, 2.45) is 11.5 Å². The van der Waals surface area contributed by atoms with Crippen LogP contribution in [0.2, 0.25) is 0 Å². The summed E-state index contributed by atoms with van der Waals surface area (Å²) in [5.74, 6) is -0.644. The van der Waals surface area contributed by atoms with Crippen molar-refractivity contribution in [1.29, 1.82) is 0 Å². The highest BCUT2D eigenvalue weighted by molar-refractivity contribution is 6.06. The zero-order valence-electron chi connectivity index (χ0n) is 13.1. The van der Waals surface area contributed by atoms with Crippen LogP contribution >= 0.6 is 0 Å². The number of aromatic nitrogens is 1. The highest BCUT2D eigenvalue weighted by Gasteiger charge is 2.36. The lowest BCUT2D eigenvalue weighted by molar-refractivity contribution is 0.0707. The molecular formula is C15H20N4O5. The SMILES string of the molecule is NC(=O)O[C@H]1CC[C@H](NC(=O)c2noc(C3CC3)c2C(N)=O)CC1. The number of nitrogens with one attached hydrogen (secondary N) is 1. The number of carbonyl (C=O) groups excluding carboxylic acids is 3. The van der Waals surface area contributed by atoms with Gasteiger partial charge in [0, 0.05) is 12.0 Å². The van der Waals surface area contributed by atoms with Crippen molar-refractivity contribution in [2.75, 3.05) is 0 Å². The van der Waals surface area contributed by atoms with E-state index in [0.717, 1.165) is 12.8 Å². The first-order valence-corrected chi connectivity index (χ1v) is 8.02. The van der Waals surface area contributed by atoms with E-state index in [1.54, 1.807) is 0 Å². The fraction of sp³-hybridized carbons (Fsp3) is 0.600. The normalized spacial score (nSPS) is 23.5. The summed E-state index contributed by atoms with van der Waals surface area (Å²) in [4.78, 5) is 34.8. The number of primary amides is 2. The monoisotopic (exact) mass is 336 g/mol. The molecule has 0 radical (unpaired) electrons. The molecule has 3 rings (SSSR count). The predicted molar refractivity (Wildman–Crippen MR) is 81.2 cm³/mol. The second-order valence-electron chi connectivity index (χ2n) is 6.29. The molecule has 0 aliphatic heterocycles. The molecule has 0 saturated heterocycles. The lowest BCUT2D eigenvalue weighted by Crippen LogP contribution is -2.40. The molecule has 1 aromatic heterocycles. The molecule has 2 saturated carbocycles. The lowest BCUT2D eigenvalue weighted by Gasteiger charge is -2.28. The summed E-state index contributed by atoms with van der Waals surface area (Å²) in [6, 6.07) is -0.0907. The van der Waals surface area contributed by atoms with E-state index in [-0.39, 0.29) is 29.3 Å². The third kappa shape index (κ3) is 3.50. The molecule has 3 amide bonds. The van der Waals surface area contributed by atoms with E-state index in [1.165, 1.54) is 0 Å². The molecule has 2 fully saturated rings. The standard InChI is InChI=1S/C15H20N4O5/c16-13(20)10-11(19-24-12(10)7-1-2-7)14(21)18-8-3-5-9(6-4-8)23-15(17)22/h7-9H,1-6H2,(H2,16,20)(H2,17,22)(H,18,21)/t8-,9-. The van der Waals surface area contributed by atoms with Crippen LogP contribution in [0.15, 0.2) is 4.52 Å². The molecule has 0 bridgehead atoms. The molecule has 0 atom stereocenters. The molecule has 130 valence electrons. The van der Waals surface area contributed by atoms with Gasteiger partial charge in [-0.2, -0.15) is 0 Å². The van der Waals surface area contributed by atoms with Gasteiger partial charge in [-0.1, -0.05) is 5.16 Å². The maximum Gasteiger partial charge on any atom is 0.404 e. The van der Waals surface area contributed by atoms with Gasteiger partial charge >= 0.3 is 6.09 Å². The Kier molecular flexibility index (Phi) is 4.41. The van der Waals surface area contributed by atoms with Crippen LogP contribution in [0.3, 0.4) is 0 Å². The van der Waals surface area contributed by atoms with E-state index in [2.05, 4.69) is 10.5 Å². The van der Waals surface area contributed by atoms with Crippen LogP contribution < -0.4 is 16.8 Å². The molecular weight excluding hydrogens is 316 g/mol. The largest absolute Gasteiger partial charge is 0.446 e. The average molecular weight is 336 g/mol. The van der Waals surface area contributed by atoms with Crippen LogP contribution in [0.4, 0.5) is 4.79 Å². The van der Waals surface area contributed by atoms with Gasteiger partial charge in [0.2, 0.25) is 0 Å². The minimum atomic E-state index is -0.788. The van der Waals surface area contributed by atoms with Crippen LogP contribution in [0.25, 0.3) is 0 Å². The highest BCUT2D eigenvalue weighted by atomic mass is 16.6. The Morgan fingerprint density at radius 1 is 1.08 bits per heavy atom. The number of amides is 3. The number of nitrogens with zero attached hydrogens (tertiary/aromatic N) is 1. The van der Waals surface area contributed by atoms with Gasteiger partial charge < -0.3 is 26.0 Å². The van der Waals surface area contributed by atoms with Crippen molar-refractivity contribution in [1.82, 2.24) is 10.5 Å². The van der Waals surface area contributed by atoms with Crippen LogP contribution in [0, 0.1) is 0 Å². The van der Waals surface area contributed by atoms with Crippen molar-refractivity contribution in [3.05, 3.63) is 17.0 Å². The topological polar surface area (TPSA) is 151 Å². The van der Waals surface area contributed by atoms with Gasteiger partial charge in [0.25, 0.3) is 11.8 Å². The van der Waals surface area contributed by atoms with Gasteiger partial charge in [-0.05, 0) is 38.5 Å². The Balaban J connectivity index is 1.62. The van der Waals surface area contributed by atoms with Crippen molar-refractivity contribution in [2.45, 2.75) is 56.6 Å². The molecule has 1 heterocycles. The number of nitrogens with two attached hydrogens (primary N) is 2. The Bertz CT molecular complexity index is 659. The molecule has 24 heavy (non-hydrogen) atoms. The second kappa shape index (κ2) is 6.50. The van der Waals surface area contributed by atoms with Crippen molar-refractivity contribution < 1.29 is 23.6 Å². The third-order valence-electron chi connectivity index (χ3n) is 4.42. The summed E-state index contributed by atoms with van der Waals surface area (Å²) in [7, 11) is 0. The van der Waals surface area contributed by atoms with E-state index in [4.69, 9.17) is 20.7 Å². The van der Waals surface area contributed by atoms with Gasteiger partial charge in [0.15, 0.2) is 11.5 Å². The summed E-state index contributed by atoms with van der Waals surface area (Å²) in [5, 5.41) is 6.58. The minimum Gasteiger partial charge on any atom is -0.446 e. The maximum atomic E-state index is 12.4. The van der Waals surface area contributed by atoms with Gasteiger partial charge in [-0.3, -0.25) is 9.59 Å². The van der Waals surface area contributed by atoms with Crippen molar-refractivity contribution in [3.63, 3.8) is 0 Å². The van der Waals surface area contributed by atoms with Crippen molar-refractivity contribution >= 4 is 17.9 Å². The number of hydrogen-bond acceptors (Lipinski definition) is 6. The van der Waals surface area contributed by atoms with Crippen LogP contribution in [0.5, 0.6) is 0 Å². The highest BCUT2D eigenvalue weighted by Crippen LogP contribution is 2.42. The fourth-order valence-electron chi connectivity index (χ4n) is 3.06. The zero-order valence-corrected chi connectivity index (χ0v) is 13.1. The Labute approximate surface area is 138 Å². The fourth-order valence-corrected chi connectivity index (χ4v) is 3.06. The van der Waals surface area contributed by atoms with Gasteiger partial charge in [-0.15, -0.1) is 0 Å². The molecule has 0 aromatic carbocycles. The smallest absolute Gasteiger partial charge is 0.404 e. The Morgan fingerprint density at radius 2 is 1.75 bits per heavy atom. The Morgan fingerprint density at radius 3 is 2.29 bits per heavy atom. The first kappa shape index (κ1) is 16.3. The van der Waals surface area contributed by atoms with Gasteiger partial charge in [0.1, 0.15) is 11.7 Å². The molecule has 9 nitrogen and oxygen atoms in total. The predicted octanol–water partition coefficient (Wildman–Crippen LogP) is 0.787. The molecule has 5 N–H and O–H groups in total. The number of ether oxygens (including phenoxy) is 1. The molecule has 2 aliphatic carbocycles. The average Bonchev–Trinajstić information content (AvgIpc) is 3.26. The van der Waals surface area contributed by atoms with E-state index in [9.17, 15) is 14.4 Å². The van der Waals surface area contributed by atoms with Crippen LogP contribution in [0.1, 0.15) is 71.0 Å². The lowest BCUT2D eigenvalue weighted by atomic mass is 9.93. The van der Waals surface area contributed by atoms with Crippen LogP contribution in [-0.2, 0) is 4.74 Å². The molecule has 0 spiro atoms.